The number of aliphatic hydroxyl groups is 2. The van der Waals surface area contributed by atoms with Crippen LogP contribution in [0.4, 0.5) is 0 Å². The maximum absolute atomic E-state index is 12.1. The first-order valence-electron chi connectivity index (χ1n) is 5.54. The maximum Gasteiger partial charge on any atom is 0.270 e. The molecule has 0 aliphatic carbocycles. The Morgan fingerprint density at radius 1 is 1.37 bits per heavy atom. The predicted molar refractivity (Wildman–Crippen MR) is 64.7 cm³/mol. The van der Waals surface area contributed by atoms with Gasteiger partial charge in [-0.25, -0.2) is 13.6 Å². The molecule has 1 aliphatic heterocycles. The first kappa shape index (κ1) is 14.0. The molecule has 19 heavy (non-hydrogen) atoms. The Labute approximate surface area is 110 Å². The van der Waals surface area contributed by atoms with Crippen molar-refractivity contribution in [2.24, 2.45) is 12.2 Å². The van der Waals surface area contributed by atoms with E-state index in [1.54, 1.807) is 0 Å². The molecule has 0 radical (unpaired) electrons. The minimum Gasteiger partial charge on any atom is -0.388 e. The van der Waals surface area contributed by atoms with E-state index in [1.807, 2.05) is 0 Å². The van der Waals surface area contributed by atoms with Crippen LogP contribution in [0, 0.1) is 0 Å². The molecule has 106 valence electrons. The van der Waals surface area contributed by atoms with Crippen molar-refractivity contribution >= 4 is 15.9 Å². The summed E-state index contributed by atoms with van der Waals surface area (Å²) in [6, 6.07) is 1.18. The van der Waals surface area contributed by atoms with E-state index in [0.29, 0.717) is 0 Å². The zero-order valence-electron chi connectivity index (χ0n) is 10.2. The minimum absolute atomic E-state index is 0.00981. The Balaban J connectivity index is 2.28. The van der Waals surface area contributed by atoms with Crippen LogP contribution in [-0.2, 0) is 17.1 Å². The number of β-amino-alcohol motifs (C(OH)–C–C–N with tert-alkyl or cyclic N) is 2. The minimum atomic E-state index is -3.87. The Kier molecular flexibility index (Phi) is 3.39. The van der Waals surface area contributed by atoms with Crippen molar-refractivity contribution in [2.75, 3.05) is 13.1 Å². The summed E-state index contributed by atoms with van der Waals surface area (Å²) >= 11 is 0. The largest absolute Gasteiger partial charge is 0.388 e. The van der Waals surface area contributed by atoms with Gasteiger partial charge in [0.25, 0.3) is 5.91 Å². The van der Waals surface area contributed by atoms with Gasteiger partial charge in [0.15, 0.2) is 0 Å². The van der Waals surface area contributed by atoms with Gasteiger partial charge in [0.05, 0.1) is 12.2 Å². The number of aliphatic hydroxyl groups excluding tert-OH is 2. The SMILES string of the molecule is Cn1cc(S(N)(=O)=O)cc1C(=O)N1C[C@@H](O)[C@@H](O)C1. The lowest BCUT2D eigenvalue weighted by atomic mass is 10.3. The molecule has 9 heteroatoms. The van der Waals surface area contributed by atoms with Gasteiger partial charge >= 0.3 is 0 Å². The van der Waals surface area contributed by atoms with Crippen LogP contribution in [0.3, 0.4) is 0 Å². The van der Waals surface area contributed by atoms with Gasteiger partial charge < -0.3 is 19.7 Å². The Morgan fingerprint density at radius 2 is 1.89 bits per heavy atom. The van der Waals surface area contributed by atoms with Gasteiger partial charge in [-0.1, -0.05) is 0 Å². The monoisotopic (exact) mass is 289 g/mol. The summed E-state index contributed by atoms with van der Waals surface area (Å²) in [5, 5.41) is 23.8. The number of primary sulfonamides is 1. The van der Waals surface area contributed by atoms with Gasteiger partial charge in [-0.15, -0.1) is 0 Å². The molecule has 1 saturated heterocycles. The first-order valence-corrected chi connectivity index (χ1v) is 7.09. The Bertz CT molecular complexity index is 599. The molecule has 2 atom stereocenters. The third-order valence-corrected chi connectivity index (χ3v) is 3.95. The molecule has 1 fully saturated rings. The van der Waals surface area contributed by atoms with Crippen LogP contribution < -0.4 is 5.14 Å². The first-order chi connectivity index (χ1) is 8.70. The fourth-order valence-corrected chi connectivity index (χ4v) is 2.58. The predicted octanol–water partition coefficient (Wildman–Crippen LogP) is -2.15. The van der Waals surface area contributed by atoms with E-state index in [4.69, 9.17) is 5.14 Å². The number of hydrogen-bond donors (Lipinski definition) is 3. The normalized spacial score (nSPS) is 23.9. The van der Waals surface area contributed by atoms with Crippen LogP contribution in [0.5, 0.6) is 0 Å². The molecular formula is C10H15N3O5S. The van der Waals surface area contributed by atoms with Crippen molar-refractivity contribution in [1.29, 1.82) is 0 Å². The lowest BCUT2D eigenvalue weighted by Gasteiger charge is -2.15. The van der Waals surface area contributed by atoms with Gasteiger partial charge in [-0.3, -0.25) is 4.79 Å². The number of hydrogen-bond acceptors (Lipinski definition) is 5. The molecule has 2 heterocycles. The smallest absolute Gasteiger partial charge is 0.270 e. The van der Waals surface area contributed by atoms with Gasteiger partial charge in [-0.05, 0) is 6.07 Å². The van der Waals surface area contributed by atoms with E-state index >= 15 is 0 Å². The second kappa shape index (κ2) is 4.60. The highest BCUT2D eigenvalue weighted by Crippen LogP contribution is 2.17. The summed E-state index contributed by atoms with van der Waals surface area (Å²) in [5.74, 6) is -0.465. The topological polar surface area (TPSA) is 126 Å². The number of carbonyl (C=O) groups is 1. The fourth-order valence-electron chi connectivity index (χ4n) is 2.00. The van der Waals surface area contributed by atoms with Crippen LogP contribution >= 0.6 is 0 Å². The van der Waals surface area contributed by atoms with Gasteiger partial charge in [0.1, 0.15) is 10.6 Å². The quantitative estimate of drug-likeness (QED) is 0.572. The molecule has 8 nitrogen and oxygen atoms in total. The van der Waals surface area contributed by atoms with Crippen molar-refractivity contribution < 1.29 is 23.4 Å². The van der Waals surface area contributed by atoms with Crippen LogP contribution in [0.2, 0.25) is 0 Å². The molecule has 2 rings (SSSR count). The van der Waals surface area contributed by atoms with Crippen molar-refractivity contribution in [1.82, 2.24) is 9.47 Å². The van der Waals surface area contributed by atoms with E-state index in [0.717, 1.165) is 0 Å². The van der Waals surface area contributed by atoms with E-state index < -0.39 is 28.1 Å². The van der Waals surface area contributed by atoms with Gasteiger partial charge in [0, 0.05) is 26.3 Å². The summed E-state index contributed by atoms with van der Waals surface area (Å²) < 4.78 is 23.8. The van der Waals surface area contributed by atoms with Crippen LogP contribution in [0.15, 0.2) is 17.2 Å². The van der Waals surface area contributed by atoms with Crippen LogP contribution in [0.1, 0.15) is 10.5 Å². The zero-order valence-corrected chi connectivity index (χ0v) is 11.0. The number of likely N-dealkylation sites (tertiary alicyclic amines) is 1. The van der Waals surface area contributed by atoms with E-state index in [2.05, 4.69) is 0 Å². The molecule has 1 aromatic heterocycles. The summed E-state index contributed by atoms with van der Waals surface area (Å²) in [4.78, 5) is 13.3. The van der Waals surface area contributed by atoms with Gasteiger partial charge in [-0.2, -0.15) is 0 Å². The zero-order chi connectivity index (χ0) is 14.4. The number of aryl methyl sites for hydroxylation is 1. The second-order valence-corrected chi connectivity index (χ2v) is 6.12. The number of carbonyl (C=O) groups excluding carboxylic acids is 1. The maximum atomic E-state index is 12.1. The third-order valence-electron chi connectivity index (χ3n) is 3.07. The molecule has 4 N–H and O–H groups in total. The van der Waals surface area contributed by atoms with Crippen LogP contribution in [0.25, 0.3) is 0 Å². The van der Waals surface area contributed by atoms with Crippen molar-refractivity contribution in [3.05, 3.63) is 18.0 Å². The summed E-state index contributed by atoms with van der Waals surface area (Å²) in [7, 11) is -2.35. The highest BCUT2D eigenvalue weighted by atomic mass is 32.2. The highest BCUT2D eigenvalue weighted by Gasteiger charge is 2.34. The van der Waals surface area contributed by atoms with E-state index in [-0.39, 0.29) is 23.7 Å². The molecule has 0 saturated carbocycles. The molecule has 1 aromatic rings. The van der Waals surface area contributed by atoms with Crippen molar-refractivity contribution in [2.45, 2.75) is 17.1 Å². The number of nitrogens with zero attached hydrogens (tertiary/aromatic N) is 2. The molecule has 1 amide bonds. The molecule has 1 aliphatic rings. The number of rotatable bonds is 2. The average Bonchev–Trinajstić information content (AvgIpc) is 2.82. The molecule has 0 bridgehead atoms. The fraction of sp³-hybridized carbons (Fsp3) is 0.500. The third kappa shape index (κ3) is 2.63. The molecule has 0 unspecified atom stereocenters. The highest BCUT2D eigenvalue weighted by molar-refractivity contribution is 7.89. The Hall–Kier alpha value is -1.42. The van der Waals surface area contributed by atoms with Gasteiger partial charge in [0.2, 0.25) is 10.0 Å². The summed E-state index contributed by atoms with van der Waals surface area (Å²) in [6.07, 6.45) is -0.727. The van der Waals surface area contributed by atoms with Crippen molar-refractivity contribution in [3.8, 4) is 0 Å². The average molecular weight is 289 g/mol. The number of amides is 1. The van der Waals surface area contributed by atoms with Crippen molar-refractivity contribution in [3.63, 3.8) is 0 Å². The molecule has 0 aromatic carbocycles. The van der Waals surface area contributed by atoms with Crippen LogP contribution in [-0.4, -0.2) is 59.3 Å². The number of nitrogens with two attached hydrogens (primary N) is 1. The molecular weight excluding hydrogens is 274 g/mol. The Morgan fingerprint density at radius 3 is 2.32 bits per heavy atom. The van der Waals surface area contributed by atoms with E-state index in [1.165, 1.54) is 28.8 Å². The summed E-state index contributed by atoms with van der Waals surface area (Å²) in [6.45, 7) is 0.0196. The standard InChI is InChI=1S/C10H15N3O5S/c1-12-3-6(19(11,17)18)2-7(12)10(16)13-4-8(14)9(15)5-13/h2-3,8-9,14-15H,4-5H2,1H3,(H2,11,17,18)/t8-,9+. The lowest BCUT2D eigenvalue weighted by molar-refractivity contribution is 0.0572. The van der Waals surface area contributed by atoms with E-state index in [9.17, 15) is 23.4 Å². The lowest BCUT2D eigenvalue weighted by Crippen LogP contribution is -2.31. The second-order valence-electron chi connectivity index (χ2n) is 4.56. The number of aromatic nitrogens is 1. The summed E-state index contributed by atoms with van der Waals surface area (Å²) in [5.41, 5.74) is 0.130. The molecule has 0 spiro atoms. The number of sulfonamides is 1.